The number of hydrogen-bond acceptors (Lipinski definition) is 1. The van der Waals surface area contributed by atoms with Crippen LogP contribution in [0.15, 0.2) is 66.0 Å². The van der Waals surface area contributed by atoms with E-state index in [-0.39, 0.29) is 5.82 Å². The molecule has 1 aliphatic heterocycles. The quantitative estimate of drug-likeness (QED) is 0.656. The third-order valence-electron chi connectivity index (χ3n) is 3.68. The monoisotopic (exact) mass is 297 g/mol. The van der Waals surface area contributed by atoms with Crippen molar-refractivity contribution in [2.45, 2.75) is 11.6 Å². The lowest BCUT2D eigenvalue weighted by Crippen LogP contribution is -2.30. The number of imidazole rings is 1. The van der Waals surface area contributed by atoms with E-state index in [1.54, 1.807) is 0 Å². The third kappa shape index (κ3) is 2.16. The highest BCUT2D eigenvalue weighted by molar-refractivity contribution is 7.99. The predicted molar refractivity (Wildman–Crippen MR) is 82.1 cm³/mol. The lowest BCUT2D eigenvalue weighted by molar-refractivity contribution is -0.721. The minimum Gasteiger partial charge on any atom is -0.223 e. The van der Waals surface area contributed by atoms with Crippen LogP contribution in [0.4, 0.5) is 4.39 Å². The third-order valence-corrected chi connectivity index (χ3v) is 4.77. The molecule has 1 aliphatic rings. The molecule has 2 nitrogen and oxygen atoms in total. The number of thioether (sulfide) groups is 1. The summed E-state index contributed by atoms with van der Waals surface area (Å²) in [5.41, 5.74) is 3.35. The van der Waals surface area contributed by atoms with Gasteiger partial charge in [0.25, 0.3) is 0 Å². The Bertz CT molecular complexity index is 779. The van der Waals surface area contributed by atoms with Crippen molar-refractivity contribution >= 4 is 11.8 Å². The van der Waals surface area contributed by atoms with E-state index in [0.29, 0.717) is 0 Å². The fourth-order valence-electron chi connectivity index (χ4n) is 2.70. The number of halogens is 1. The van der Waals surface area contributed by atoms with Crippen LogP contribution in [0.3, 0.4) is 0 Å². The molecule has 0 unspecified atom stereocenters. The Hall–Kier alpha value is -2.07. The molecule has 0 N–H and O–H groups in total. The summed E-state index contributed by atoms with van der Waals surface area (Å²) in [4.78, 5) is 0. The van der Waals surface area contributed by atoms with Gasteiger partial charge in [0.2, 0.25) is 11.4 Å². The number of benzene rings is 2. The van der Waals surface area contributed by atoms with E-state index in [9.17, 15) is 4.39 Å². The highest BCUT2D eigenvalue weighted by Gasteiger charge is 2.29. The van der Waals surface area contributed by atoms with Crippen molar-refractivity contribution in [3.8, 4) is 16.9 Å². The fraction of sp³-hybridized carbons (Fsp3) is 0.118. The summed E-state index contributed by atoms with van der Waals surface area (Å²) in [5.74, 6) is 0.904. The summed E-state index contributed by atoms with van der Waals surface area (Å²) in [7, 11) is 0. The number of nitrogens with zero attached hydrogens (tertiary/aromatic N) is 2. The van der Waals surface area contributed by atoms with Crippen molar-refractivity contribution < 1.29 is 8.96 Å². The first-order chi connectivity index (χ1) is 10.3. The Morgan fingerprint density at radius 2 is 1.76 bits per heavy atom. The zero-order valence-corrected chi connectivity index (χ0v) is 12.2. The Kier molecular flexibility index (Phi) is 3.04. The number of aromatic nitrogens is 2. The van der Waals surface area contributed by atoms with Gasteiger partial charge in [-0.1, -0.05) is 42.1 Å². The molecule has 2 aromatic carbocycles. The van der Waals surface area contributed by atoms with Crippen LogP contribution in [0.1, 0.15) is 0 Å². The average Bonchev–Trinajstić information content (AvgIpc) is 3.09. The zero-order chi connectivity index (χ0) is 14.2. The second-order valence-electron chi connectivity index (χ2n) is 5.02. The van der Waals surface area contributed by atoms with Gasteiger partial charge in [-0.15, -0.1) is 0 Å². The summed E-state index contributed by atoms with van der Waals surface area (Å²) >= 11 is 1.88. The van der Waals surface area contributed by atoms with E-state index in [1.165, 1.54) is 28.4 Å². The maximum absolute atomic E-state index is 13.2. The Labute approximate surface area is 126 Å². The molecule has 104 valence electrons. The van der Waals surface area contributed by atoms with E-state index in [0.717, 1.165) is 18.0 Å². The molecule has 0 saturated carbocycles. The Morgan fingerprint density at radius 3 is 2.52 bits per heavy atom. The summed E-state index contributed by atoms with van der Waals surface area (Å²) in [6.45, 7) is 1.02. The molecule has 4 rings (SSSR count). The molecule has 0 spiro atoms. The molecule has 0 fully saturated rings. The first-order valence-electron chi connectivity index (χ1n) is 6.92. The van der Waals surface area contributed by atoms with Crippen molar-refractivity contribution in [2.75, 3.05) is 5.75 Å². The standard InChI is InChI=1S/C17H14FN2S/c18-14-6-8-15(9-7-14)20-12-19-10-11-21-17(19)16(20)13-4-2-1-3-5-13/h1-9,12H,10-11H2/q+1. The van der Waals surface area contributed by atoms with Crippen molar-refractivity contribution in [2.24, 2.45) is 0 Å². The SMILES string of the molecule is Fc1ccc(-n2c[n+]3c(c2-c2ccccc2)SCC3)cc1. The molecular weight excluding hydrogens is 283 g/mol. The van der Waals surface area contributed by atoms with Crippen LogP contribution in [-0.4, -0.2) is 10.3 Å². The van der Waals surface area contributed by atoms with Gasteiger partial charge in [-0.05, 0) is 24.3 Å². The maximum atomic E-state index is 13.2. The number of hydrogen-bond donors (Lipinski definition) is 0. The van der Waals surface area contributed by atoms with Crippen molar-refractivity contribution in [1.82, 2.24) is 4.57 Å². The molecule has 0 atom stereocenters. The smallest absolute Gasteiger partial charge is 0.223 e. The van der Waals surface area contributed by atoms with E-state index < -0.39 is 0 Å². The Morgan fingerprint density at radius 1 is 1.00 bits per heavy atom. The fourth-order valence-corrected chi connectivity index (χ4v) is 3.83. The van der Waals surface area contributed by atoms with Crippen LogP contribution in [0.5, 0.6) is 0 Å². The van der Waals surface area contributed by atoms with Crippen molar-refractivity contribution in [3.63, 3.8) is 0 Å². The van der Waals surface area contributed by atoms with Gasteiger partial charge in [0.15, 0.2) is 5.69 Å². The highest BCUT2D eigenvalue weighted by atomic mass is 32.2. The first kappa shape index (κ1) is 12.7. The van der Waals surface area contributed by atoms with E-state index in [1.807, 2.05) is 42.1 Å². The lowest BCUT2D eigenvalue weighted by Gasteiger charge is -2.03. The first-order valence-corrected chi connectivity index (χ1v) is 7.90. The van der Waals surface area contributed by atoms with Crippen LogP contribution in [-0.2, 0) is 6.54 Å². The molecule has 0 saturated heterocycles. The molecule has 1 aromatic heterocycles. The van der Waals surface area contributed by atoms with E-state index in [4.69, 9.17) is 0 Å². The summed E-state index contributed by atoms with van der Waals surface area (Å²) < 4.78 is 17.6. The van der Waals surface area contributed by atoms with Crippen LogP contribution < -0.4 is 4.57 Å². The second kappa shape index (κ2) is 5.04. The van der Waals surface area contributed by atoms with Crippen LogP contribution in [0.2, 0.25) is 0 Å². The molecule has 0 amide bonds. The normalized spacial score (nSPS) is 13.4. The highest BCUT2D eigenvalue weighted by Crippen LogP contribution is 2.34. The van der Waals surface area contributed by atoms with Crippen LogP contribution >= 0.6 is 11.8 Å². The predicted octanol–water partition coefficient (Wildman–Crippen LogP) is 3.68. The van der Waals surface area contributed by atoms with Gasteiger partial charge in [-0.3, -0.25) is 0 Å². The van der Waals surface area contributed by atoms with Gasteiger partial charge < -0.3 is 0 Å². The van der Waals surface area contributed by atoms with Gasteiger partial charge in [0.1, 0.15) is 18.0 Å². The van der Waals surface area contributed by atoms with Gasteiger partial charge in [-0.2, -0.15) is 4.57 Å². The maximum Gasteiger partial charge on any atom is 0.250 e. The molecule has 0 bridgehead atoms. The number of aryl methyl sites for hydroxylation is 1. The van der Waals surface area contributed by atoms with E-state index >= 15 is 0 Å². The molecule has 0 aliphatic carbocycles. The van der Waals surface area contributed by atoms with Gasteiger partial charge >= 0.3 is 0 Å². The molecule has 21 heavy (non-hydrogen) atoms. The topological polar surface area (TPSA) is 8.81 Å². The molecule has 2 heterocycles. The summed E-state index contributed by atoms with van der Waals surface area (Å²) in [6, 6.07) is 17.0. The average molecular weight is 297 g/mol. The summed E-state index contributed by atoms with van der Waals surface area (Å²) in [5, 5.41) is 1.28. The number of rotatable bonds is 2. The lowest BCUT2D eigenvalue weighted by atomic mass is 10.1. The van der Waals surface area contributed by atoms with E-state index in [2.05, 4.69) is 27.6 Å². The van der Waals surface area contributed by atoms with Gasteiger partial charge in [0.05, 0.1) is 0 Å². The molecule has 4 heteroatoms. The van der Waals surface area contributed by atoms with Gasteiger partial charge in [-0.25, -0.2) is 8.96 Å². The van der Waals surface area contributed by atoms with Crippen LogP contribution in [0.25, 0.3) is 16.9 Å². The largest absolute Gasteiger partial charge is 0.250 e. The second-order valence-corrected chi connectivity index (χ2v) is 6.11. The van der Waals surface area contributed by atoms with Crippen molar-refractivity contribution in [3.05, 3.63) is 66.7 Å². The minimum atomic E-state index is -0.207. The molecular formula is C17H14FN2S+. The molecule has 3 aromatic rings. The molecule has 0 radical (unpaired) electrons. The zero-order valence-electron chi connectivity index (χ0n) is 11.4. The van der Waals surface area contributed by atoms with Crippen molar-refractivity contribution in [1.29, 1.82) is 0 Å². The number of fused-ring (bicyclic) bond motifs is 1. The Balaban J connectivity index is 1.94. The minimum absolute atomic E-state index is 0.207. The van der Waals surface area contributed by atoms with Gasteiger partial charge in [0, 0.05) is 11.3 Å². The summed E-state index contributed by atoms with van der Waals surface area (Å²) in [6.07, 6.45) is 2.12. The van der Waals surface area contributed by atoms with Crippen LogP contribution in [0, 0.1) is 5.82 Å².